The average molecular weight is 565 g/mol. The Morgan fingerprint density at radius 3 is 2.45 bits per heavy atom. The van der Waals surface area contributed by atoms with E-state index >= 15 is 0 Å². The zero-order chi connectivity index (χ0) is 27.5. The van der Waals surface area contributed by atoms with Gasteiger partial charge >= 0.3 is 0 Å². The summed E-state index contributed by atoms with van der Waals surface area (Å²) in [4.78, 5) is 12.7. The molecule has 3 aromatic rings. The van der Waals surface area contributed by atoms with E-state index in [9.17, 15) is 18.7 Å². The first-order valence-corrected chi connectivity index (χ1v) is 13.3. The molecule has 204 valence electrons. The Morgan fingerprint density at radius 1 is 1.00 bits per heavy atom. The van der Waals surface area contributed by atoms with Crippen LogP contribution >= 0.6 is 23.2 Å². The molecule has 3 N–H and O–H groups in total. The summed E-state index contributed by atoms with van der Waals surface area (Å²) in [5.41, 5.74) is 2.62. The highest BCUT2D eigenvalue weighted by Gasteiger charge is 2.22. The van der Waals surface area contributed by atoms with Gasteiger partial charge in [0.05, 0.1) is 23.8 Å². The van der Waals surface area contributed by atoms with Gasteiger partial charge in [0.1, 0.15) is 17.4 Å². The number of hydrogen-bond donors (Lipinski definition) is 3. The third-order valence-corrected chi connectivity index (χ3v) is 6.50. The second kappa shape index (κ2) is 15.0. The predicted molar refractivity (Wildman–Crippen MR) is 147 cm³/mol. The quantitative estimate of drug-likeness (QED) is 0.214. The van der Waals surface area contributed by atoms with Crippen LogP contribution in [0.4, 0.5) is 8.78 Å². The summed E-state index contributed by atoms with van der Waals surface area (Å²) in [6, 6.07) is 15.4. The van der Waals surface area contributed by atoms with Crippen LogP contribution in [0.2, 0.25) is 10.0 Å². The van der Waals surface area contributed by atoms with Crippen molar-refractivity contribution in [2.24, 2.45) is 0 Å². The third kappa shape index (κ3) is 9.87. The Kier molecular flexibility index (Phi) is 11.8. The van der Waals surface area contributed by atoms with Crippen molar-refractivity contribution in [2.75, 3.05) is 13.2 Å². The van der Waals surface area contributed by atoms with E-state index in [2.05, 4.69) is 29.7 Å². The van der Waals surface area contributed by atoms with E-state index in [0.29, 0.717) is 34.3 Å². The minimum atomic E-state index is -0.997. The minimum Gasteiger partial charge on any atom is -0.492 e. The molecule has 2 atom stereocenters. The molecule has 1 amide bonds. The van der Waals surface area contributed by atoms with Crippen molar-refractivity contribution in [3.63, 3.8) is 0 Å². The van der Waals surface area contributed by atoms with Gasteiger partial charge in [0.15, 0.2) is 0 Å². The van der Waals surface area contributed by atoms with Crippen molar-refractivity contribution in [1.29, 1.82) is 0 Å². The fourth-order valence-electron chi connectivity index (χ4n) is 4.02. The molecule has 0 saturated carbocycles. The SMILES string of the molecule is CCc1cccc(CNC[C@H](O)[C@H](Cc2cc(F)cc(F)c2)NC(=O)CCCOc2ccc(Cl)cc2Cl)c1. The summed E-state index contributed by atoms with van der Waals surface area (Å²) in [7, 11) is 0. The first-order chi connectivity index (χ1) is 18.2. The molecule has 0 aromatic heterocycles. The lowest BCUT2D eigenvalue weighted by Crippen LogP contribution is -2.48. The lowest BCUT2D eigenvalue weighted by Gasteiger charge is -2.25. The summed E-state index contributed by atoms with van der Waals surface area (Å²) in [5, 5.41) is 17.8. The molecule has 0 fully saturated rings. The van der Waals surface area contributed by atoms with Crippen molar-refractivity contribution in [2.45, 2.75) is 51.3 Å². The van der Waals surface area contributed by atoms with E-state index in [1.807, 2.05) is 12.1 Å². The zero-order valence-corrected chi connectivity index (χ0v) is 22.7. The number of ether oxygens (including phenoxy) is 1. The Bertz CT molecular complexity index is 1190. The van der Waals surface area contributed by atoms with Crippen LogP contribution < -0.4 is 15.4 Å². The Morgan fingerprint density at radius 2 is 1.74 bits per heavy atom. The van der Waals surface area contributed by atoms with Crippen LogP contribution in [0.15, 0.2) is 60.7 Å². The fourth-order valence-corrected chi connectivity index (χ4v) is 4.48. The topological polar surface area (TPSA) is 70.6 Å². The number of benzene rings is 3. The summed E-state index contributed by atoms with van der Waals surface area (Å²) in [5.74, 6) is -1.28. The van der Waals surface area contributed by atoms with Gasteiger partial charge in [0.2, 0.25) is 5.91 Å². The molecule has 0 spiro atoms. The highest BCUT2D eigenvalue weighted by atomic mass is 35.5. The third-order valence-electron chi connectivity index (χ3n) is 5.97. The molecular weight excluding hydrogens is 533 g/mol. The maximum Gasteiger partial charge on any atom is 0.220 e. The van der Waals surface area contributed by atoms with Crippen LogP contribution in [0.25, 0.3) is 0 Å². The van der Waals surface area contributed by atoms with Gasteiger partial charge in [-0.15, -0.1) is 0 Å². The van der Waals surface area contributed by atoms with Crippen molar-refractivity contribution in [3.8, 4) is 5.75 Å². The molecular formula is C29H32Cl2F2N2O3. The molecule has 0 unspecified atom stereocenters. The Hall–Kier alpha value is -2.71. The van der Waals surface area contributed by atoms with Crippen LogP contribution in [0.1, 0.15) is 36.5 Å². The van der Waals surface area contributed by atoms with E-state index in [-0.39, 0.29) is 31.9 Å². The standard InChI is InChI=1S/C29H32Cl2F2N2O3/c1-2-19-5-3-6-20(11-19)17-34-18-27(36)26(14-21-12-23(32)16-24(33)13-21)35-29(37)7-4-10-38-28-9-8-22(30)15-25(28)31/h3,5-6,8-9,11-13,15-16,26-27,34,36H,2,4,7,10,14,17-18H2,1H3,(H,35,37)/t26-,27-/m0/s1. The molecule has 0 saturated heterocycles. The van der Waals surface area contributed by atoms with Gasteiger partial charge in [-0.2, -0.15) is 0 Å². The molecule has 0 bridgehead atoms. The van der Waals surface area contributed by atoms with Crippen LogP contribution in [0, 0.1) is 11.6 Å². The van der Waals surface area contributed by atoms with Crippen LogP contribution in [-0.2, 0) is 24.2 Å². The molecule has 0 aliphatic heterocycles. The second-order valence-corrected chi connectivity index (χ2v) is 9.90. The number of amides is 1. The fraction of sp³-hybridized carbons (Fsp3) is 0.345. The van der Waals surface area contributed by atoms with Crippen molar-refractivity contribution < 1.29 is 23.4 Å². The van der Waals surface area contributed by atoms with E-state index in [1.54, 1.807) is 18.2 Å². The van der Waals surface area contributed by atoms with Gasteiger partial charge in [-0.25, -0.2) is 8.78 Å². The van der Waals surface area contributed by atoms with E-state index < -0.39 is 23.8 Å². The zero-order valence-electron chi connectivity index (χ0n) is 21.2. The summed E-state index contributed by atoms with van der Waals surface area (Å²) in [6.45, 7) is 3.04. The van der Waals surface area contributed by atoms with Gasteiger partial charge in [0, 0.05) is 30.6 Å². The van der Waals surface area contributed by atoms with Crippen molar-refractivity contribution >= 4 is 29.1 Å². The summed E-state index contributed by atoms with van der Waals surface area (Å²) < 4.78 is 33.1. The molecule has 9 heteroatoms. The molecule has 3 rings (SSSR count). The monoisotopic (exact) mass is 564 g/mol. The Labute approximate surface area is 232 Å². The first kappa shape index (κ1) is 29.8. The lowest BCUT2D eigenvalue weighted by molar-refractivity contribution is -0.122. The van der Waals surface area contributed by atoms with Crippen molar-refractivity contribution in [1.82, 2.24) is 10.6 Å². The summed E-state index contributed by atoms with van der Waals surface area (Å²) in [6.07, 6.45) is 0.513. The number of aliphatic hydroxyl groups is 1. The number of carbonyl (C=O) groups is 1. The van der Waals surface area contributed by atoms with Gasteiger partial charge in [0.25, 0.3) is 0 Å². The maximum atomic E-state index is 13.8. The second-order valence-electron chi connectivity index (χ2n) is 9.05. The maximum absolute atomic E-state index is 13.8. The molecule has 5 nitrogen and oxygen atoms in total. The summed E-state index contributed by atoms with van der Waals surface area (Å²) >= 11 is 12.0. The van der Waals surface area contributed by atoms with Gasteiger partial charge in [-0.3, -0.25) is 4.79 Å². The largest absolute Gasteiger partial charge is 0.492 e. The van der Waals surface area contributed by atoms with Gasteiger partial charge < -0.3 is 20.5 Å². The number of carbonyl (C=O) groups excluding carboxylic acids is 1. The van der Waals surface area contributed by atoms with Crippen molar-refractivity contribution in [3.05, 3.63) is 99.0 Å². The molecule has 3 aromatic carbocycles. The highest BCUT2D eigenvalue weighted by Crippen LogP contribution is 2.27. The number of halogens is 4. The molecule has 0 radical (unpaired) electrons. The number of nitrogens with one attached hydrogen (secondary N) is 2. The Balaban J connectivity index is 1.56. The smallest absolute Gasteiger partial charge is 0.220 e. The number of hydrogen-bond acceptors (Lipinski definition) is 4. The molecule has 0 heterocycles. The number of aryl methyl sites for hydroxylation is 1. The number of rotatable bonds is 14. The van der Waals surface area contributed by atoms with Crippen LogP contribution in [0.3, 0.4) is 0 Å². The van der Waals surface area contributed by atoms with E-state index in [1.165, 1.54) is 17.7 Å². The minimum absolute atomic E-state index is 0.0610. The van der Waals surface area contributed by atoms with Gasteiger partial charge in [-0.1, -0.05) is 54.4 Å². The van der Waals surface area contributed by atoms with E-state index in [4.69, 9.17) is 27.9 Å². The lowest BCUT2D eigenvalue weighted by atomic mass is 10.00. The van der Waals surface area contributed by atoms with E-state index in [0.717, 1.165) is 18.1 Å². The van der Waals surface area contributed by atoms with Gasteiger partial charge in [-0.05, 0) is 66.3 Å². The predicted octanol–water partition coefficient (Wildman–Crippen LogP) is 5.87. The highest BCUT2D eigenvalue weighted by molar-refractivity contribution is 6.35. The molecule has 38 heavy (non-hydrogen) atoms. The molecule has 0 aliphatic carbocycles. The average Bonchev–Trinajstić information content (AvgIpc) is 2.86. The number of aliphatic hydroxyl groups excluding tert-OH is 1. The van der Waals surface area contributed by atoms with Crippen LogP contribution in [0.5, 0.6) is 5.75 Å². The first-order valence-electron chi connectivity index (χ1n) is 12.5. The van der Waals surface area contributed by atoms with Crippen LogP contribution in [-0.4, -0.2) is 36.3 Å². The molecule has 0 aliphatic rings. The normalized spacial score (nSPS) is 12.7.